The van der Waals surface area contributed by atoms with Crippen LogP contribution in [0.4, 0.5) is 4.79 Å². The van der Waals surface area contributed by atoms with Crippen molar-refractivity contribution in [2.45, 2.75) is 82.9 Å². The van der Waals surface area contributed by atoms with E-state index in [1.54, 1.807) is 0 Å². The topological polar surface area (TPSA) is 64.3 Å². The summed E-state index contributed by atoms with van der Waals surface area (Å²) < 4.78 is 5.35. The van der Waals surface area contributed by atoms with Gasteiger partial charge in [0.1, 0.15) is 5.60 Å². The Morgan fingerprint density at radius 1 is 1.26 bits per heavy atom. The van der Waals surface area contributed by atoms with Crippen molar-refractivity contribution in [1.29, 1.82) is 0 Å². The summed E-state index contributed by atoms with van der Waals surface area (Å²) in [5.41, 5.74) is 5.79. The van der Waals surface area contributed by atoms with Gasteiger partial charge in [-0.1, -0.05) is 19.3 Å². The van der Waals surface area contributed by atoms with E-state index in [4.69, 9.17) is 10.5 Å². The third-order valence-electron chi connectivity index (χ3n) is 4.33. The quantitative estimate of drug-likeness (QED) is 0.827. The van der Waals surface area contributed by atoms with E-state index in [0.717, 1.165) is 12.8 Å². The zero-order valence-corrected chi connectivity index (χ0v) is 12.5. The average Bonchev–Trinajstić information content (AvgIpc) is 3.07. The van der Waals surface area contributed by atoms with Crippen LogP contribution in [0.2, 0.25) is 0 Å². The number of nitrogens with two attached hydrogens (primary N) is 1. The molecule has 0 aromatic carbocycles. The van der Waals surface area contributed by atoms with Crippen LogP contribution in [0.15, 0.2) is 0 Å². The van der Waals surface area contributed by atoms with Crippen LogP contribution in [0.5, 0.6) is 0 Å². The maximum Gasteiger partial charge on any atom is 0.408 e. The number of hydrogen-bond acceptors (Lipinski definition) is 3. The number of nitrogens with one attached hydrogen (secondary N) is 1. The number of ether oxygens (including phenoxy) is 1. The predicted molar refractivity (Wildman–Crippen MR) is 75.9 cm³/mol. The van der Waals surface area contributed by atoms with Crippen LogP contribution < -0.4 is 11.1 Å². The molecular formula is C15H28N2O2. The van der Waals surface area contributed by atoms with Gasteiger partial charge in [0.2, 0.25) is 0 Å². The first-order chi connectivity index (χ1) is 8.82. The fourth-order valence-electron chi connectivity index (χ4n) is 3.13. The Labute approximate surface area is 116 Å². The summed E-state index contributed by atoms with van der Waals surface area (Å²) in [4.78, 5) is 11.9. The Kier molecular flexibility index (Phi) is 4.09. The molecule has 0 aliphatic heterocycles. The first-order valence-electron chi connectivity index (χ1n) is 7.59. The second-order valence-electron chi connectivity index (χ2n) is 7.21. The molecule has 0 aromatic rings. The van der Waals surface area contributed by atoms with Gasteiger partial charge in [0.15, 0.2) is 0 Å². The molecule has 2 fully saturated rings. The summed E-state index contributed by atoms with van der Waals surface area (Å²) in [6, 6.07) is 0.0836. The summed E-state index contributed by atoms with van der Waals surface area (Å²) in [6.45, 7) is 5.65. The number of carbonyl (C=O) groups is 1. The second kappa shape index (κ2) is 5.31. The minimum atomic E-state index is -0.449. The van der Waals surface area contributed by atoms with Gasteiger partial charge in [-0.15, -0.1) is 0 Å². The Bertz CT molecular complexity index is 326. The molecular weight excluding hydrogens is 240 g/mol. The zero-order chi connectivity index (χ0) is 14.1. The van der Waals surface area contributed by atoms with Crippen LogP contribution in [0.25, 0.3) is 0 Å². The molecule has 1 amide bonds. The lowest BCUT2D eigenvalue weighted by Crippen LogP contribution is -2.54. The molecule has 2 rings (SSSR count). The summed E-state index contributed by atoms with van der Waals surface area (Å²) >= 11 is 0. The minimum absolute atomic E-state index is 0.0836. The third kappa shape index (κ3) is 3.85. The van der Waals surface area contributed by atoms with Gasteiger partial charge in [-0.05, 0) is 52.4 Å². The molecule has 0 saturated heterocycles. The average molecular weight is 268 g/mol. The number of rotatable bonds is 3. The molecule has 2 aliphatic carbocycles. The molecule has 0 bridgehead atoms. The zero-order valence-electron chi connectivity index (χ0n) is 12.5. The highest BCUT2D eigenvalue weighted by atomic mass is 16.6. The molecule has 2 aliphatic rings. The van der Waals surface area contributed by atoms with Gasteiger partial charge in [0.25, 0.3) is 0 Å². The van der Waals surface area contributed by atoms with E-state index in [-0.39, 0.29) is 17.7 Å². The second-order valence-corrected chi connectivity index (χ2v) is 7.21. The van der Waals surface area contributed by atoms with E-state index in [1.807, 2.05) is 20.8 Å². The first kappa shape index (κ1) is 14.6. The fraction of sp³-hybridized carbons (Fsp3) is 0.933. The summed E-state index contributed by atoms with van der Waals surface area (Å²) in [5, 5.41) is 3.03. The van der Waals surface area contributed by atoms with E-state index >= 15 is 0 Å². The normalized spacial score (nSPS) is 24.6. The monoisotopic (exact) mass is 268 g/mol. The summed E-state index contributed by atoms with van der Waals surface area (Å²) in [5.74, 6) is 0.561. The number of hydrogen-bond donors (Lipinski definition) is 2. The molecule has 19 heavy (non-hydrogen) atoms. The fourth-order valence-corrected chi connectivity index (χ4v) is 3.13. The Hall–Kier alpha value is -0.770. The first-order valence-corrected chi connectivity index (χ1v) is 7.59. The van der Waals surface area contributed by atoms with Crippen molar-refractivity contribution >= 4 is 6.09 Å². The van der Waals surface area contributed by atoms with Gasteiger partial charge in [0, 0.05) is 6.04 Å². The lowest BCUT2D eigenvalue weighted by atomic mass is 9.80. The molecule has 4 heteroatoms. The largest absolute Gasteiger partial charge is 0.444 e. The maximum absolute atomic E-state index is 11.9. The Balaban J connectivity index is 1.89. The number of carbonyl (C=O) groups excluding carboxylic acids is 1. The van der Waals surface area contributed by atoms with Gasteiger partial charge in [0.05, 0.1) is 5.54 Å². The van der Waals surface area contributed by atoms with Gasteiger partial charge in [-0.25, -0.2) is 4.79 Å². The third-order valence-corrected chi connectivity index (χ3v) is 4.33. The van der Waals surface area contributed by atoms with Crippen molar-refractivity contribution in [1.82, 2.24) is 5.32 Å². The van der Waals surface area contributed by atoms with Crippen LogP contribution in [0.1, 0.15) is 65.7 Å². The van der Waals surface area contributed by atoms with E-state index in [1.165, 1.54) is 32.1 Å². The molecule has 3 N–H and O–H groups in total. The van der Waals surface area contributed by atoms with Gasteiger partial charge in [-0.2, -0.15) is 0 Å². The lowest BCUT2D eigenvalue weighted by Gasteiger charge is -2.34. The molecule has 2 saturated carbocycles. The smallest absolute Gasteiger partial charge is 0.408 e. The van der Waals surface area contributed by atoms with Crippen LogP contribution in [-0.4, -0.2) is 23.3 Å². The summed E-state index contributed by atoms with van der Waals surface area (Å²) in [7, 11) is 0. The van der Waals surface area contributed by atoms with Crippen molar-refractivity contribution in [3.8, 4) is 0 Å². The van der Waals surface area contributed by atoms with E-state index in [9.17, 15) is 4.79 Å². The molecule has 110 valence electrons. The SMILES string of the molecule is CC(C)(C)OC(=O)NC1(C(N)C2CCCCC2)CC1. The molecule has 0 heterocycles. The van der Waals surface area contributed by atoms with Gasteiger partial charge < -0.3 is 15.8 Å². The predicted octanol–water partition coefficient (Wildman–Crippen LogP) is 2.95. The van der Waals surface area contributed by atoms with Gasteiger partial charge in [-0.3, -0.25) is 0 Å². The Morgan fingerprint density at radius 3 is 2.32 bits per heavy atom. The van der Waals surface area contributed by atoms with Crippen molar-refractivity contribution in [2.75, 3.05) is 0 Å². The standard InChI is InChI=1S/C15H28N2O2/c1-14(2,3)19-13(18)17-15(9-10-15)12(16)11-7-5-4-6-8-11/h11-12H,4-10,16H2,1-3H3,(H,17,18). The molecule has 1 atom stereocenters. The maximum atomic E-state index is 11.9. The highest BCUT2D eigenvalue weighted by Gasteiger charge is 2.52. The van der Waals surface area contributed by atoms with E-state index in [2.05, 4.69) is 5.32 Å². The number of alkyl carbamates (subject to hydrolysis) is 1. The van der Waals surface area contributed by atoms with E-state index in [0.29, 0.717) is 5.92 Å². The van der Waals surface area contributed by atoms with Gasteiger partial charge >= 0.3 is 6.09 Å². The highest BCUT2D eigenvalue weighted by molar-refractivity contribution is 5.69. The molecule has 0 radical (unpaired) electrons. The van der Waals surface area contributed by atoms with Crippen LogP contribution in [-0.2, 0) is 4.74 Å². The highest BCUT2D eigenvalue weighted by Crippen LogP contribution is 2.43. The molecule has 0 aromatic heterocycles. The summed E-state index contributed by atoms with van der Waals surface area (Å²) in [6.07, 6.45) is 7.96. The van der Waals surface area contributed by atoms with Crippen LogP contribution in [0, 0.1) is 5.92 Å². The van der Waals surface area contributed by atoms with Crippen LogP contribution >= 0.6 is 0 Å². The molecule has 1 unspecified atom stereocenters. The Morgan fingerprint density at radius 2 is 1.84 bits per heavy atom. The number of amides is 1. The molecule has 4 nitrogen and oxygen atoms in total. The van der Waals surface area contributed by atoms with Crippen molar-refractivity contribution < 1.29 is 9.53 Å². The lowest BCUT2D eigenvalue weighted by molar-refractivity contribution is 0.0475. The minimum Gasteiger partial charge on any atom is -0.444 e. The van der Waals surface area contributed by atoms with Crippen molar-refractivity contribution in [2.24, 2.45) is 11.7 Å². The molecule has 0 spiro atoms. The van der Waals surface area contributed by atoms with Crippen molar-refractivity contribution in [3.05, 3.63) is 0 Å². The van der Waals surface area contributed by atoms with Crippen molar-refractivity contribution in [3.63, 3.8) is 0 Å². The van der Waals surface area contributed by atoms with E-state index < -0.39 is 5.60 Å². The van der Waals surface area contributed by atoms with Crippen LogP contribution in [0.3, 0.4) is 0 Å².